The van der Waals surface area contributed by atoms with Crippen molar-refractivity contribution in [2.24, 2.45) is 0 Å². The molecule has 0 unspecified atom stereocenters. The highest BCUT2D eigenvalue weighted by atomic mass is 32.1. The number of benzene rings is 2. The number of hydrogen-bond donors (Lipinski definition) is 1. The highest BCUT2D eigenvalue weighted by Crippen LogP contribution is 2.18. The van der Waals surface area contributed by atoms with E-state index < -0.39 is 0 Å². The smallest absolute Gasteiger partial charge is 0.326 e. The molecule has 31 heavy (non-hydrogen) atoms. The lowest BCUT2D eigenvalue weighted by atomic mass is 10.1. The Morgan fingerprint density at radius 2 is 1.74 bits per heavy atom. The number of nitrogens with one attached hydrogen (secondary N) is 1. The van der Waals surface area contributed by atoms with Gasteiger partial charge in [-0.3, -0.25) is 18.7 Å². The fourth-order valence-electron chi connectivity index (χ4n) is 3.62. The second-order valence-corrected chi connectivity index (χ2v) is 8.29. The molecule has 1 N–H and O–H groups in total. The highest BCUT2D eigenvalue weighted by molar-refractivity contribution is 7.17. The summed E-state index contributed by atoms with van der Waals surface area (Å²) in [4.78, 5) is 38.1. The van der Waals surface area contributed by atoms with Crippen molar-refractivity contribution in [3.05, 3.63) is 98.0 Å². The summed E-state index contributed by atoms with van der Waals surface area (Å²) in [7, 11) is 0. The lowest BCUT2D eigenvalue weighted by Crippen LogP contribution is -2.39. The number of amides is 1. The first-order valence-electron chi connectivity index (χ1n) is 10.2. The molecule has 4 aromatic rings. The van der Waals surface area contributed by atoms with Crippen molar-refractivity contribution < 1.29 is 4.79 Å². The Balaban J connectivity index is 1.60. The third kappa shape index (κ3) is 4.51. The average molecular weight is 434 g/mol. The maximum absolute atomic E-state index is 13.0. The van der Waals surface area contributed by atoms with Gasteiger partial charge in [-0.05, 0) is 41.1 Å². The van der Waals surface area contributed by atoms with E-state index in [0.29, 0.717) is 41.8 Å². The summed E-state index contributed by atoms with van der Waals surface area (Å²) in [5.41, 5.74) is 2.60. The Bertz CT molecular complexity index is 1340. The van der Waals surface area contributed by atoms with Crippen LogP contribution in [0.25, 0.3) is 10.2 Å². The van der Waals surface area contributed by atoms with E-state index in [-0.39, 0.29) is 17.2 Å². The molecule has 0 fully saturated rings. The Morgan fingerprint density at radius 1 is 0.968 bits per heavy atom. The second kappa shape index (κ2) is 9.14. The Hall–Kier alpha value is -3.45. The molecule has 2 aromatic heterocycles. The molecule has 0 saturated heterocycles. The Labute approximate surface area is 183 Å². The number of thiophene rings is 1. The van der Waals surface area contributed by atoms with Crippen molar-refractivity contribution in [3.63, 3.8) is 0 Å². The number of carbonyl (C=O) groups is 1. The zero-order valence-electron chi connectivity index (χ0n) is 17.2. The monoisotopic (exact) mass is 433 g/mol. The zero-order chi connectivity index (χ0) is 21.8. The van der Waals surface area contributed by atoms with E-state index in [0.717, 1.165) is 11.1 Å². The van der Waals surface area contributed by atoms with Crippen molar-refractivity contribution in [1.29, 1.82) is 0 Å². The first-order chi connectivity index (χ1) is 15.1. The zero-order valence-corrected chi connectivity index (χ0v) is 18.0. The van der Waals surface area contributed by atoms with E-state index in [1.807, 2.05) is 73.0 Å². The molecule has 7 heteroatoms. The molecule has 0 radical (unpaired) electrons. The lowest BCUT2D eigenvalue weighted by molar-refractivity contribution is -0.115. The third-order valence-electron chi connectivity index (χ3n) is 5.04. The quantitative estimate of drug-likeness (QED) is 0.481. The summed E-state index contributed by atoms with van der Waals surface area (Å²) in [6, 6.07) is 18.8. The predicted molar refractivity (Wildman–Crippen MR) is 125 cm³/mol. The van der Waals surface area contributed by atoms with Gasteiger partial charge in [0.15, 0.2) is 0 Å². The van der Waals surface area contributed by atoms with E-state index >= 15 is 0 Å². The standard InChI is InChI=1S/C24H23N3O3S/c1-2-12-26-23(29)22-20(11-13-31-22)27(24(26)30)16-18-9-6-10-19(14-18)25-21(28)15-17-7-4-3-5-8-17/h3-11,13-14H,2,12,15-16H2,1H3,(H,25,28). The number of nitrogens with zero attached hydrogens (tertiary/aromatic N) is 2. The van der Waals surface area contributed by atoms with E-state index in [9.17, 15) is 14.4 Å². The van der Waals surface area contributed by atoms with Crippen molar-refractivity contribution in [1.82, 2.24) is 9.13 Å². The molecule has 0 bridgehead atoms. The van der Waals surface area contributed by atoms with Crippen LogP contribution in [0.1, 0.15) is 24.5 Å². The molecule has 6 nitrogen and oxygen atoms in total. The van der Waals surface area contributed by atoms with Crippen LogP contribution >= 0.6 is 11.3 Å². The van der Waals surface area contributed by atoms with Crippen LogP contribution in [0, 0.1) is 0 Å². The number of aromatic nitrogens is 2. The summed E-state index contributed by atoms with van der Waals surface area (Å²) in [5, 5.41) is 4.76. The van der Waals surface area contributed by atoms with Crippen molar-refractivity contribution in [2.45, 2.75) is 32.9 Å². The Kier molecular flexibility index (Phi) is 6.13. The van der Waals surface area contributed by atoms with Crippen LogP contribution in [0.5, 0.6) is 0 Å². The SMILES string of the molecule is CCCn1c(=O)c2sccc2n(Cc2cccc(NC(=O)Cc3ccccc3)c2)c1=O. The topological polar surface area (TPSA) is 73.1 Å². The molecule has 0 aliphatic rings. The molecular formula is C24H23N3O3S. The van der Waals surface area contributed by atoms with Crippen LogP contribution in [0.2, 0.25) is 0 Å². The molecule has 2 heterocycles. The van der Waals surface area contributed by atoms with Gasteiger partial charge in [-0.15, -0.1) is 11.3 Å². The highest BCUT2D eigenvalue weighted by Gasteiger charge is 2.14. The molecule has 0 atom stereocenters. The first kappa shape index (κ1) is 20.8. The van der Waals surface area contributed by atoms with Crippen molar-refractivity contribution in [3.8, 4) is 0 Å². The lowest BCUT2D eigenvalue weighted by Gasteiger charge is -2.13. The van der Waals surface area contributed by atoms with Crippen LogP contribution < -0.4 is 16.6 Å². The molecule has 0 aliphatic heterocycles. The number of carbonyl (C=O) groups excluding carboxylic acids is 1. The van der Waals surface area contributed by atoms with Gasteiger partial charge in [-0.1, -0.05) is 49.4 Å². The summed E-state index contributed by atoms with van der Waals surface area (Å²) in [6.07, 6.45) is 0.997. The number of fused-ring (bicyclic) bond motifs is 1. The van der Waals surface area contributed by atoms with Crippen molar-refractivity contribution in [2.75, 3.05) is 5.32 Å². The molecule has 0 saturated carbocycles. The second-order valence-electron chi connectivity index (χ2n) is 7.37. The predicted octanol–water partition coefficient (Wildman–Crippen LogP) is 3.86. The Morgan fingerprint density at radius 3 is 2.52 bits per heavy atom. The molecular weight excluding hydrogens is 410 g/mol. The van der Waals surface area contributed by atoms with Gasteiger partial charge in [-0.25, -0.2) is 4.79 Å². The molecule has 0 aliphatic carbocycles. The number of hydrogen-bond acceptors (Lipinski definition) is 4. The summed E-state index contributed by atoms with van der Waals surface area (Å²) in [6.45, 7) is 2.65. The fourth-order valence-corrected chi connectivity index (χ4v) is 4.47. The van der Waals surface area contributed by atoms with Gasteiger partial charge < -0.3 is 5.32 Å². The first-order valence-corrected chi connectivity index (χ1v) is 11.1. The van der Waals surface area contributed by atoms with Crippen LogP contribution in [-0.2, 0) is 24.3 Å². The van der Waals surface area contributed by atoms with Gasteiger partial charge >= 0.3 is 5.69 Å². The minimum Gasteiger partial charge on any atom is -0.326 e. The number of anilines is 1. The van der Waals surface area contributed by atoms with Gasteiger partial charge in [0.05, 0.1) is 18.5 Å². The van der Waals surface area contributed by atoms with Gasteiger partial charge in [0, 0.05) is 12.2 Å². The van der Waals surface area contributed by atoms with E-state index in [1.165, 1.54) is 15.9 Å². The minimum absolute atomic E-state index is 0.0998. The molecule has 2 aromatic carbocycles. The van der Waals surface area contributed by atoms with Crippen LogP contribution in [0.4, 0.5) is 5.69 Å². The van der Waals surface area contributed by atoms with E-state index in [2.05, 4.69) is 5.32 Å². The summed E-state index contributed by atoms with van der Waals surface area (Å²) >= 11 is 1.35. The largest absolute Gasteiger partial charge is 0.331 e. The maximum Gasteiger partial charge on any atom is 0.331 e. The van der Waals surface area contributed by atoms with Gasteiger partial charge in [0.2, 0.25) is 5.91 Å². The van der Waals surface area contributed by atoms with Gasteiger partial charge in [0.25, 0.3) is 5.56 Å². The van der Waals surface area contributed by atoms with Crippen LogP contribution in [0.15, 0.2) is 75.6 Å². The summed E-state index contributed by atoms with van der Waals surface area (Å²) in [5.74, 6) is -0.0998. The van der Waals surface area contributed by atoms with Crippen LogP contribution in [-0.4, -0.2) is 15.0 Å². The van der Waals surface area contributed by atoms with E-state index in [4.69, 9.17) is 0 Å². The molecule has 4 rings (SSSR count). The van der Waals surface area contributed by atoms with Gasteiger partial charge in [-0.2, -0.15) is 0 Å². The van der Waals surface area contributed by atoms with Crippen molar-refractivity contribution >= 4 is 33.1 Å². The molecule has 158 valence electrons. The maximum atomic E-state index is 13.0. The average Bonchev–Trinajstić information content (AvgIpc) is 3.25. The van der Waals surface area contributed by atoms with Crippen LogP contribution in [0.3, 0.4) is 0 Å². The number of rotatable bonds is 7. The summed E-state index contributed by atoms with van der Waals surface area (Å²) < 4.78 is 3.53. The third-order valence-corrected chi connectivity index (χ3v) is 5.93. The molecule has 1 amide bonds. The van der Waals surface area contributed by atoms with Gasteiger partial charge in [0.1, 0.15) is 4.70 Å². The molecule has 0 spiro atoms. The van der Waals surface area contributed by atoms with E-state index in [1.54, 1.807) is 4.57 Å². The minimum atomic E-state index is -0.309. The fraction of sp³-hybridized carbons (Fsp3) is 0.208. The normalized spacial score (nSPS) is 11.0.